The van der Waals surface area contributed by atoms with Crippen molar-refractivity contribution in [3.05, 3.63) is 81.4 Å². The zero-order valence-electron chi connectivity index (χ0n) is 15.0. The summed E-state index contributed by atoms with van der Waals surface area (Å²) in [6.07, 6.45) is 0. The molecular weight excluding hydrogens is 344 g/mol. The van der Waals surface area contributed by atoms with Gasteiger partial charge in [0.2, 0.25) is 0 Å². The fraction of sp³-hybridized carbons (Fsp3) is 0.211. The lowest BCUT2D eigenvalue weighted by atomic mass is 10.00. The van der Waals surface area contributed by atoms with Crippen molar-refractivity contribution in [2.45, 2.75) is 13.1 Å². The van der Waals surface area contributed by atoms with Gasteiger partial charge in [0.05, 0.1) is 22.9 Å². The summed E-state index contributed by atoms with van der Waals surface area (Å²) in [4.78, 5) is 17.7. The first-order valence-corrected chi connectivity index (χ1v) is 8.51. The number of fused-ring (bicyclic) bond motifs is 3. The second-order valence-electron chi connectivity index (χ2n) is 6.60. The molecule has 1 aliphatic rings. The van der Waals surface area contributed by atoms with Crippen LogP contribution in [-0.4, -0.2) is 44.4 Å². The molecule has 2 heterocycles. The third kappa shape index (κ3) is 3.11. The van der Waals surface area contributed by atoms with Crippen LogP contribution in [0.25, 0.3) is 5.69 Å². The molecule has 8 heteroatoms. The number of nitro groups is 1. The van der Waals surface area contributed by atoms with Crippen LogP contribution in [0.4, 0.5) is 5.69 Å². The summed E-state index contributed by atoms with van der Waals surface area (Å²) in [6.45, 7) is 0.956. The Kier molecular flexibility index (Phi) is 4.25. The predicted molar refractivity (Wildman–Crippen MR) is 101 cm³/mol. The van der Waals surface area contributed by atoms with E-state index in [1.54, 1.807) is 12.1 Å². The maximum Gasteiger partial charge on any atom is 0.270 e. The Labute approximate surface area is 155 Å². The van der Waals surface area contributed by atoms with Gasteiger partial charge in [0, 0.05) is 23.3 Å². The largest absolute Gasteiger partial charge is 0.302 e. The molecule has 4 rings (SSSR count). The van der Waals surface area contributed by atoms with Crippen LogP contribution in [0.2, 0.25) is 0 Å². The number of hydrogen-bond acceptors (Lipinski definition) is 6. The van der Waals surface area contributed by atoms with Gasteiger partial charge in [-0.3, -0.25) is 19.7 Å². The standard InChI is InChI=1S/C19H18N6O2/c1-23(2)12-18-22-21-17-11-20-19(13-6-4-3-5-7-13)15-10-14(25(26)27)8-9-16(15)24(17)18/h3-10H,11-12H2,1-2H3. The van der Waals surface area contributed by atoms with Crippen molar-refractivity contribution in [3.63, 3.8) is 0 Å². The first-order valence-electron chi connectivity index (χ1n) is 8.51. The first-order chi connectivity index (χ1) is 13.0. The van der Waals surface area contributed by atoms with Gasteiger partial charge < -0.3 is 4.90 Å². The van der Waals surface area contributed by atoms with Crippen molar-refractivity contribution in [2.75, 3.05) is 14.1 Å². The lowest BCUT2D eigenvalue weighted by Gasteiger charge is -2.15. The number of nitrogens with zero attached hydrogens (tertiary/aromatic N) is 6. The van der Waals surface area contributed by atoms with Gasteiger partial charge in [-0.25, -0.2) is 0 Å². The van der Waals surface area contributed by atoms with Gasteiger partial charge in [-0.15, -0.1) is 10.2 Å². The molecular formula is C19H18N6O2. The molecule has 0 atom stereocenters. The quantitative estimate of drug-likeness (QED) is 0.526. The van der Waals surface area contributed by atoms with E-state index in [1.807, 2.05) is 53.9 Å². The molecule has 0 saturated heterocycles. The molecule has 136 valence electrons. The van der Waals surface area contributed by atoms with E-state index >= 15 is 0 Å². The van der Waals surface area contributed by atoms with Gasteiger partial charge in [0.1, 0.15) is 6.54 Å². The number of nitro benzene ring substituents is 1. The number of rotatable bonds is 4. The summed E-state index contributed by atoms with van der Waals surface area (Å²) in [5, 5.41) is 20.0. The molecule has 0 unspecified atom stereocenters. The first kappa shape index (κ1) is 17.0. The molecule has 0 radical (unpaired) electrons. The molecule has 3 aromatic rings. The van der Waals surface area contributed by atoms with Gasteiger partial charge in [0.15, 0.2) is 11.6 Å². The Bertz CT molecular complexity index is 1040. The van der Waals surface area contributed by atoms with Crippen molar-refractivity contribution in [2.24, 2.45) is 4.99 Å². The van der Waals surface area contributed by atoms with Crippen LogP contribution in [0.1, 0.15) is 22.8 Å². The second-order valence-corrected chi connectivity index (χ2v) is 6.60. The highest BCUT2D eigenvalue weighted by Crippen LogP contribution is 2.29. The van der Waals surface area contributed by atoms with E-state index in [9.17, 15) is 10.1 Å². The maximum atomic E-state index is 11.4. The Balaban J connectivity index is 1.96. The van der Waals surface area contributed by atoms with Crippen LogP contribution in [-0.2, 0) is 13.1 Å². The summed E-state index contributed by atoms with van der Waals surface area (Å²) < 4.78 is 1.96. The van der Waals surface area contributed by atoms with Crippen molar-refractivity contribution in [1.29, 1.82) is 0 Å². The van der Waals surface area contributed by atoms with Crippen LogP contribution in [0.3, 0.4) is 0 Å². The molecule has 0 amide bonds. The Morgan fingerprint density at radius 1 is 1.15 bits per heavy atom. The van der Waals surface area contributed by atoms with Crippen LogP contribution >= 0.6 is 0 Å². The molecule has 0 saturated carbocycles. The zero-order chi connectivity index (χ0) is 19.0. The lowest BCUT2D eigenvalue weighted by molar-refractivity contribution is -0.384. The fourth-order valence-corrected chi connectivity index (χ4v) is 3.22. The molecule has 27 heavy (non-hydrogen) atoms. The Morgan fingerprint density at radius 3 is 2.63 bits per heavy atom. The van der Waals surface area contributed by atoms with Crippen molar-refractivity contribution < 1.29 is 4.92 Å². The van der Waals surface area contributed by atoms with Crippen molar-refractivity contribution in [3.8, 4) is 5.69 Å². The minimum atomic E-state index is -0.387. The van der Waals surface area contributed by atoms with Gasteiger partial charge in [-0.05, 0) is 20.2 Å². The molecule has 0 bridgehead atoms. The summed E-state index contributed by atoms with van der Waals surface area (Å²) in [6, 6.07) is 14.5. The highest BCUT2D eigenvalue weighted by molar-refractivity contribution is 6.15. The molecule has 0 aliphatic carbocycles. The number of non-ortho nitro benzene ring substituents is 1. The number of aromatic nitrogens is 3. The number of aliphatic imine (C=N–C) groups is 1. The van der Waals surface area contributed by atoms with E-state index in [2.05, 4.69) is 10.2 Å². The highest BCUT2D eigenvalue weighted by Gasteiger charge is 2.25. The average molecular weight is 362 g/mol. The van der Waals surface area contributed by atoms with E-state index in [4.69, 9.17) is 4.99 Å². The molecule has 0 fully saturated rings. The average Bonchev–Trinajstić information content (AvgIpc) is 2.96. The fourth-order valence-electron chi connectivity index (χ4n) is 3.22. The van der Waals surface area contributed by atoms with Gasteiger partial charge in [0.25, 0.3) is 5.69 Å². The van der Waals surface area contributed by atoms with Crippen LogP contribution < -0.4 is 0 Å². The van der Waals surface area contributed by atoms with Gasteiger partial charge in [-0.2, -0.15) is 0 Å². The third-order valence-electron chi connectivity index (χ3n) is 4.37. The van der Waals surface area contributed by atoms with Crippen LogP contribution in [0, 0.1) is 10.1 Å². The van der Waals surface area contributed by atoms with Gasteiger partial charge >= 0.3 is 0 Å². The second kappa shape index (κ2) is 6.73. The van der Waals surface area contributed by atoms with E-state index in [0.29, 0.717) is 24.5 Å². The minimum absolute atomic E-state index is 0.0306. The molecule has 1 aromatic heterocycles. The van der Waals surface area contributed by atoms with E-state index < -0.39 is 0 Å². The zero-order valence-corrected chi connectivity index (χ0v) is 15.0. The number of hydrogen-bond donors (Lipinski definition) is 0. The predicted octanol–water partition coefficient (Wildman–Crippen LogP) is 2.59. The summed E-state index contributed by atoms with van der Waals surface area (Å²) >= 11 is 0. The van der Waals surface area contributed by atoms with Crippen molar-refractivity contribution >= 4 is 11.4 Å². The van der Waals surface area contributed by atoms with Crippen LogP contribution in [0.5, 0.6) is 0 Å². The topological polar surface area (TPSA) is 89.5 Å². The molecule has 8 nitrogen and oxygen atoms in total. The summed E-state index contributed by atoms with van der Waals surface area (Å²) in [5.74, 6) is 1.49. The molecule has 1 aliphatic heterocycles. The monoisotopic (exact) mass is 362 g/mol. The van der Waals surface area contributed by atoms with Crippen LogP contribution in [0.15, 0.2) is 53.5 Å². The molecule has 0 N–H and O–H groups in total. The normalized spacial score (nSPS) is 12.9. The van der Waals surface area contributed by atoms with Crippen molar-refractivity contribution in [1.82, 2.24) is 19.7 Å². The lowest BCUT2D eigenvalue weighted by Crippen LogP contribution is -2.16. The summed E-state index contributed by atoms with van der Waals surface area (Å²) in [7, 11) is 3.92. The smallest absolute Gasteiger partial charge is 0.270 e. The highest BCUT2D eigenvalue weighted by atomic mass is 16.6. The third-order valence-corrected chi connectivity index (χ3v) is 4.37. The number of benzene rings is 2. The SMILES string of the molecule is CN(C)Cc1nnc2n1-c1ccc([N+](=O)[O-])cc1C(c1ccccc1)=NC2. The molecule has 2 aromatic carbocycles. The Hall–Kier alpha value is -3.39. The van der Waals surface area contributed by atoms with E-state index in [-0.39, 0.29) is 10.6 Å². The Morgan fingerprint density at radius 2 is 1.93 bits per heavy atom. The van der Waals surface area contributed by atoms with E-state index in [0.717, 1.165) is 22.8 Å². The van der Waals surface area contributed by atoms with Gasteiger partial charge in [-0.1, -0.05) is 30.3 Å². The van der Waals surface area contributed by atoms with E-state index in [1.165, 1.54) is 6.07 Å². The summed E-state index contributed by atoms with van der Waals surface area (Å²) in [5.41, 5.74) is 3.16. The molecule has 0 spiro atoms. The maximum absolute atomic E-state index is 11.4. The minimum Gasteiger partial charge on any atom is -0.302 e.